The van der Waals surface area contributed by atoms with E-state index < -0.39 is 0 Å². The zero-order chi connectivity index (χ0) is 32.3. The summed E-state index contributed by atoms with van der Waals surface area (Å²) in [7, 11) is 0. The Kier molecular flexibility index (Phi) is 6.25. The normalized spacial score (nSPS) is 11.7. The van der Waals surface area contributed by atoms with E-state index in [1.807, 2.05) is 0 Å². The maximum atomic E-state index is 6.85. The summed E-state index contributed by atoms with van der Waals surface area (Å²) in [6.45, 7) is 0. The molecule has 10 aromatic rings. The number of hydrogen-bond donors (Lipinski definition) is 0. The molecule has 0 saturated carbocycles. The van der Waals surface area contributed by atoms with Gasteiger partial charge in [0.25, 0.3) is 0 Å². The zero-order valence-corrected chi connectivity index (χ0v) is 26.7. The lowest BCUT2D eigenvalue weighted by atomic mass is 9.83. The van der Waals surface area contributed by atoms with Gasteiger partial charge in [-0.1, -0.05) is 164 Å². The van der Waals surface area contributed by atoms with Gasteiger partial charge in [0.15, 0.2) is 0 Å². The highest BCUT2D eigenvalue weighted by Gasteiger charge is 2.22. The van der Waals surface area contributed by atoms with Crippen molar-refractivity contribution < 1.29 is 4.42 Å². The van der Waals surface area contributed by atoms with E-state index in [0.29, 0.717) is 0 Å². The molecule has 0 aliphatic heterocycles. The first kappa shape index (κ1) is 27.7. The van der Waals surface area contributed by atoms with Gasteiger partial charge in [-0.15, -0.1) is 0 Å². The summed E-state index contributed by atoms with van der Waals surface area (Å²) in [6.07, 6.45) is 0. The predicted molar refractivity (Wildman–Crippen MR) is 208 cm³/mol. The Balaban J connectivity index is 1.34. The number of furan rings is 1. The molecule has 10 rings (SSSR count). The maximum Gasteiger partial charge on any atom is 0.143 e. The Morgan fingerprint density at radius 1 is 0.265 bits per heavy atom. The molecule has 228 valence electrons. The van der Waals surface area contributed by atoms with Crippen LogP contribution in [0.15, 0.2) is 186 Å². The van der Waals surface area contributed by atoms with E-state index in [4.69, 9.17) is 4.42 Å². The molecule has 0 aliphatic rings. The van der Waals surface area contributed by atoms with Gasteiger partial charge in [0, 0.05) is 21.7 Å². The van der Waals surface area contributed by atoms with Crippen LogP contribution in [0.5, 0.6) is 0 Å². The third-order valence-corrected chi connectivity index (χ3v) is 10.0. The molecule has 0 atom stereocenters. The van der Waals surface area contributed by atoms with E-state index >= 15 is 0 Å². The van der Waals surface area contributed by atoms with E-state index in [1.165, 1.54) is 60.3 Å². The van der Waals surface area contributed by atoms with Crippen LogP contribution in [-0.2, 0) is 0 Å². The smallest absolute Gasteiger partial charge is 0.143 e. The van der Waals surface area contributed by atoms with E-state index in [2.05, 4.69) is 182 Å². The molecule has 1 heteroatoms. The van der Waals surface area contributed by atoms with Crippen LogP contribution in [0.4, 0.5) is 0 Å². The molecule has 0 saturated heterocycles. The zero-order valence-electron chi connectivity index (χ0n) is 26.7. The summed E-state index contributed by atoms with van der Waals surface area (Å²) in [5.41, 5.74) is 11.5. The van der Waals surface area contributed by atoms with Gasteiger partial charge in [0.1, 0.15) is 11.2 Å². The van der Waals surface area contributed by atoms with Gasteiger partial charge in [-0.05, 0) is 84.1 Å². The standard InChI is InChI=1S/C48H30O/c1-3-15-31(16-4-1)35-20-9-10-22-37(35)46-40-25-13-11-23-38(40)45(39-24-12-14-26-41(39)46)34-29-43(32-17-5-2-6-18-32)48-44(30-34)42-28-27-33-19-7-8-21-36(33)47(42)49-48/h1-30H. The van der Waals surface area contributed by atoms with Crippen LogP contribution in [0.2, 0.25) is 0 Å². The van der Waals surface area contributed by atoms with Crippen LogP contribution in [0, 0.1) is 0 Å². The lowest BCUT2D eigenvalue weighted by Crippen LogP contribution is -1.93. The van der Waals surface area contributed by atoms with Crippen LogP contribution in [0.1, 0.15) is 0 Å². The lowest BCUT2D eigenvalue weighted by Gasteiger charge is -2.20. The minimum Gasteiger partial charge on any atom is -0.455 e. The van der Waals surface area contributed by atoms with Gasteiger partial charge in [0.2, 0.25) is 0 Å². The quantitative estimate of drug-likeness (QED) is 0.178. The van der Waals surface area contributed by atoms with Crippen molar-refractivity contribution in [2.75, 3.05) is 0 Å². The highest BCUT2D eigenvalue weighted by molar-refractivity contribution is 6.24. The number of fused-ring (bicyclic) bond motifs is 7. The first-order valence-electron chi connectivity index (χ1n) is 16.9. The van der Waals surface area contributed by atoms with Crippen molar-refractivity contribution in [1.82, 2.24) is 0 Å². The van der Waals surface area contributed by atoms with Crippen molar-refractivity contribution in [3.05, 3.63) is 182 Å². The second-order valence-electron chi connectivity index (χ2n) is 12.8. The molecule has 0 bridgehead atoms. The first-order valence-corrected chi connectivity index (χ1v) is 16.9. The highest BCUT2D eigenvalue weighted by atomic mass is 16.3. The van der Waals surface area contributed by atoms with E-state index in [9.17, 15) is 0 Å². The molecule has 1 aromatic heterocycles. The van der Waals surface area contributed by atoms with Gasteiger partial charge in [-0.2, -0.15) is 0 Å². The topological polar surface area (TPSA) is 13.1 Å². The summed E-state index contributed by atoms with van der Waals surface area (Å²) < 4.78 is 6.85. The molecule has 9 aromatic carbocycles. The van der Waals surface area contributed by atoms with Crippen LogP contribution in [-0.4, -0.2) is 0 Å². The summed E-state index contributed by atoms with van der Waals surface area (Å²) in [6, 6.07) is 65.7. The fraction of sp³-hybridized carbons (Fsp3) is 0. The SMILES string of the molecule is c1ccc(-c2ccccc2-c2c3ccccc3c(-c3cc(-c4ccccc4)c4oc5c6ccccc6ccc5c4c3)c3ccccc23)cc1. The fourth-order valence-corrected chi connectivity index (χ4v) is 7.88. The summed E-state index contributed by atoms with van der Waals surface area (Å²) >= 11 is 0. The van der Waals surface area contributed by atoms with Crippen molar-refractivity contribution in [1.29, 1.82) is 0 Å². The Morgan fingerprint density at radius 2 is 0.776 bits per heavy atom. The molecule has 0 unspecified atom stereocenters. The third kappa shape index (κ3) is 4.33. The van der Waals surface area contributed by atoms with Crippen molar-refractivity contribution in [3.8, 4) is 44.5 Å². The molecule has 0 amide bonds. The second kappa shape index (κ2) is 11.1. The Bertz CT molecular complexity index is 2800. The molecule has 0 spiro atoms. The first-order chi connectivity index (χ1) is 24.3. The molecule has 1 nitrogen and oxygen atoms in total. The van der Waals surface area contributed by atoms with E-state index in [1.54, 1.807) is 0 Å². The Labute approximate surface area is 284 Å². The van der Waals surface area contributed by atoms with Crippen LogP contribution < -0.4 is 0 Å². The van der Waals surface area contributed by atoms with E-state index in [0.717, 1.165) is 38.5 Å². The molecule has 0 N–H and O–H groups in total. The average molecular weight is 623 g/mol. The van der Waals surface area contributed by atoms with Gasteiger partial charge >= 0.3 is 0 Å². The second-order valence-corrected chi connectivity index (χ2v) is 12.8. The van der Waals surface area contributed by atoms with Crippen molar-refractivity contribution in [2.24, 2.45) is 0 Å². The lowest BCUT2D eigenvalue weighted by molar-refractivity contribution is 0.674. The molecule has 0 radical (unpaired) electrons. The average Bonchev–Trinajstić information content (AvgIpc) is 3.56. The predicted octanol–water partition coefficient (Wildman–Crippen LogP) is 13.7. The summed E-state index contributed by atoms with van der Waals surface area (Å²) in [5, 5.41) is 9.52. The van der Waals surface area contributed by atoms with Crippen LogP contribution >= 0.6 is 0 Å². The van der Waals surface area contributed by atoms with Crippen LogP contribution in [0.25, 0.3) is 98.8 Å². The maximum absolute atomic E-state index is 6.85. The summed E-state index contributed by atoms with van der Waals surface area (Å²) in [5.74, 6) is 0. The largest absolute Gasteiger partial charge is 0.455 e. The fourth-order valence-electron chi connectivity index (χ4n) is 7.88. The van der Waals surface area contributed by atoms with Crippen molar-refractivity contribution in [2.45, 2.75) is 0 Å². The summed E-state index contributed by atoms with van der Waals surface area (Å²) in [4.78, 5) is 0. The van der Waals surface area contributed by atoms with Crippen molar-refractivity contribution in [3.63, 3.8) is 0 Å². The molecule has 0 fully saturated rings. The van der Waals surface area contributed by atoms with Crippen LogP contribution in [0.3, 0.4) is 0 Å². The number of hydrogen-bond acceptors (Lipinski definition) is 1. The number of rotatable bonds is 4. The molecule has 49 heavy (non-hydrogen) atoms. The molecular weight excluding hydrogens is 593 g/mol. The highest BCUT2D eigenvalue weighted by Crippen LogP contribution is 2.48. The Morgan fingerprint density at radius 3 is 1.43 bits per heavy atom. The van der Waals surface area contributed by atoms with Crippen molar-refractivity contribution >= 4 is 54.3 Å². The molecule has 0 aliphatic carbocycles. The third-order valence-electron chi connectivity index (χ3n) is 10.0. The van der Waals surface area contributed by atoms with Gasteiger partial charge < -0.3 is 4.42 Å². The minimum absolute atomic E-state index is 0.920. The van der Waals surface area contributed by atoms with Gasteiger partial charge in [0.05, 0.1) is 0 Å². The number of benzene rings is 9. The van der Waals surface area contributed by atoms with E-state index in [-0.39, 0.29) is 0 Å². The minimum atomic E-state index is 0.920. The monoisotopic (exact) mass is 622 g/mol. The molecule has 1 heterocycles. The molecular formula is C48H30O. The van der Waals surface area contributed by atoms with Gasteiger partial charge in [-0.25, -0.2) is 0 Å². The Hall–Kier alpha value is -6.44. The van der Waals surface area contributed by atoms with Gasteiger partial charge in [-0.3, -0.25) is 0 Å².